The van der Waals surface area contributed by atoms with Crippen LogP contribution in [0, 0.1) is 0 Å². The van der Waals surface area contributed by atoms with Crippen LogP contribution in [0.15, 0.2) is 18.2 Å². The molecule has 1 rings (SSSR count). The van der Waals surface area contributed by atoms with Gasteiger partial charge in [-0.3, -0.25) is 0 Å². The zero-order valence-corrected chi connectivity index (χ0v) is 12.3. The average Bonchev–Trinajstić information content (AvgIpc) is 2.33. The zero-order valence-electron chi connectivity index (χ0n) is 11.5. The molecule has 0 aliphatic heterocycles. The first-order chi connectivity index (χ1) is 8.65. The molecule has 0 amide bonds. The van der Waals surface area contributed by atoms with Crippen LogP contribution in [-0.2, 0) is 6.54 Å². The number of hydrogen-bond donors (Lipinski definition) is 1. The van der Waals surface area contributed by atoms with E-state index in [2.05, 4.69) is 31.2 Å². The molecule has 0 spiro atoms. The van der Waals surface area contributed by atoms with E-state index in [0.29, 0.717) is 0 Å². The standard InChI is InChI=1S/C14H23ClN2O/c1-4-16-11-12-13(15)7-5-8-14(12)18-10-6-9-17(2)3/h5,7-8,16H,4,6,9-11H2,1-3H3. The molecule has 102 valence electrons. The quantitative estimate of drug-likeness (QED) is 0.735. The fourth-order valence-corrected chi connectivity index (χ4v) is 1.89. The molecule has 0 radical (unpaired) electrons. The van der Waals surface area contributed by atoms with Gasteiger partial charge in [-0.25, -0.2) is 0 Å². The van der Waals surface area contributed by atoms with Crippen LogP contribution >= 0.6 is 11.6 Å². The number of halogens is 1. The second-order valence-corrected chi connectivity index (χ2v) is 4.91. The number of benzene rings is 1. The Morgan fingerprint density at radius 3 is 2.78 bits per heavy atom. The Kier molecular flexibility index (Phi) is 7.09. The summed E-state index contributed by atoms with van der Waals surface area (Å²) in [5, 5.41) is 4.05. The molecule has 0 fully saturated rings. The second kappa shape index (κ2) is 8.35. The highest BCUT2D eigenvalue weighted by Crippen LogP contribution is 2.26. The largest absolute Gasteiger partial charge is 0.493 e. The molecule has 0 aliphatic carbocycles. The van der Waals surface area contributed by atoms with E-state index in [-0.39, 0.29) is 0 Å². The molecule has 0 aromatic heterocycles. The van der Waals surface area contributed by atoms with E-state index < -0.39 is 0 Å². The van der Waals surface area contributed by atoms with Gasteiger partial charge < -0.3 is 15.0 Å². The van der Waals surface area contributed by atoms with Gasteiger partial charge >= 0.3 is 0 Å². The Balaban J connectivity index is 2.55. The summed E-state index contributed by atoms with van der Waals surface area (Å²) in [6.45, 7) is 5.50. The Morgan fingerprint density at radius 2 is 2.11 bits per heavy atom. The van der Waals surface area contributed by atoms with Crippen LogP contribution in [-0.4, -0.2) is 38.7 Å². The van der Waals surface area contributed by atoms with Crippen LogP contribution in [0.25, 0.3) is 0 Å². The third-order valence-corrected chi connectivity index (χ3v) is 2.99. The van der Waals surface area contributed by atoms with Crippen molar-refractivity contribution in [2.45, 2.75) is 19.9 Å². The number of rotatable bonds is 8. The van der Waals surface area contributed by atoms with Gasteiger partial charge in [-0.05, 0) is 39.2 Å². The summed E-state index contributed by atoms with van der Waals surface area (Å²) < 4.78 is 5.81. The number of hydrogen-bond acceptors (Lipinski definition) is 3. The molecule has 1 aromatic carbocycles. The molecule has 1 N–H and O–H groups in total. The summed E-state index contributed by atoms with van der Waals surface area (Å²) in [6.07, 6.45) is 1.01. The van der Waals surface area contributed by atoms with E-state index in [0.717, 1.165) is 49.0 Å². The SMILES string of the molecule is CCNCc1c(Cl)cccc1OCCCN(C)C. The third kappa shape index (κ3) is 5.25. The highest BCUT2D eigenvalue weighted by molar-refractivity contribution is 6.31. The first-order valence-corrected chi connectivity index (χ1v) is 6.78. The normalized spacial score (nSPS) is 10.9. The van der Waals surface area contributed by atoms with E-state index in [9.17, 15) is 0 Å². The van der Waals surface area contributed by atoms with E-state index in [1.807, 2.05) is 18.2 Å². The predicted octanol–water partition coefficient (Wildman–Crippen LogP) is 2.78. The first-order valence-electron chi connectivity index (χ1n) is 6.40. The summed E-state index contributed by atoms with van der Waals surface area (Å²) in [6, 6.07) is 5.81. The summed E-state index contributed by atoms with van der Waals surface area (Å²) >= 11 is 6.20. The van der Waals surface area contributed by atoms with E-state index in [4.69, 9.17) is 16.3 Å². The molecule has 0 bridgehead atoms. The van der Waals surface area contributed by atoms with E-state index >= 15 is 0 Å². The molecule has 4 heteroatoms. The van der Waals surface area contributed by atoms with Crippen LogP contribution in [0.3, 0.4) is 0 Å². The maximum Gasteiger partial charge on any atom is 0.125 e. The number of nitrogens with zero attached hydrogens (tertiary/aromatic N) is 1. The lowest BCUT2D eigenvalue weighted by Crippen LogP contribution is -2.16. The monoisotopic (exact) mass is 270 g/mol. The lowest BCUT2D eigenvalue weighted by molar-refractivity contribution is 0.279. The van der Waals surface area contributed by atoms with Crippen LogP contribution < -0.4 is 10.1 Å². The van der Waals surface area contributed by atoms with Crippen LogP contribution in [0.1, 0.15) is 18.9 Å². The smallest absolute Gasteiger partial charge is 0.125 e. The molecule has 18 heavy (non-hydrogen) atoms. The van der Waals surface area contributed by atoms with Gasteiger partial charge in [0.25, 0.3) is 0 Å². The fourth-order valence-electron chi connectivity index (χ4n) is 1.66. The second-order valence-electron chi connectivity index (χ2n) is 4.50. The maximum absolute atomic E-state index is 6.20. The molecule has 0 atom stereocenters. The minimum absolute atomic E-state index is 0.720. The van der Waals surface area contributed by atoms with Gasteiger partial charge in [-0.1, -0.05) is 24.6 Å². The summed E-state index contributed by atoms with van der Waals surface area (Å²) in [5.74, 6) is 0.891. The van der Waals surface area contributed by atoms with Crippen LogP contribution in [0.4, 0.5) is 0 Å². The highest BCUT2D eigenvalue weighted by Gasteiger charge is 2.07. The van der Waals surface area contributed by atoms with Gasteiger partial charge in [0.15, 0.2) is 0 Å². The van der Waals surface area contributed by atoms with Gasteiger partial charge in [0, 0.05) is 23.7 Å². The molecule has 0 saturated heterocycles. The Hall–Kier alpha value is -0.770. The van der Waals surface area contributed by atoms with Gasteiger partial charge in [0.2, 0.25) is 0 Å². The van der Waals surface area contributed by atoms with Crippen molar-refractivity contribution in [3.8, 4) is 5.75 Å². The highest BCUT2D eigenvalue weighted by atomic mass is 35.5. The van der Waals surface area contributed by atoms with Crippen LogP contribution in [0.5, 0.6) is 5.75 Å². The predicted molar refractivity (Wildman–Crippen MR) is 77.5 cm³/mol. The van der Waals surface area contributed by atoms with Crippen molar-refractivity contribution >= 4 is 11.6 Å². The maximum atomic E-state index is 6.20. The number of nitrogens with one attached hydrogen (secondary N) is 1. The van der Waals surface area contributed by atoms with Crippen molar-refractivity contribution < 1.29 is 4.74 Å². The van der Waals surface area contributed by atoms with Crippen molar-refractivity contribution in [3.63, 3.8) is 0 Å². The average molecular weight is 271 g/mol. The number of ether oxygens (including phenoxy) is 1. The zero-order chi connectivity index (χ0) is 13.4. The van der Waals surface area contributed by atoms with Crippen LogP contribution in [0.2, 0.25) is 5.02 Å². The van der Waals surface area contributed by atoms with Crippen molar-refractivity contribution in [1.29, 1.82) is 0 Å². The third-order valence-electron chi connectivity index (χ3n) is 2.63. The molecule has 3 nitrogen and oxygen atoms in total. The first kappa shape index (κ1) is 15.3. The lowest BCUT2D eigenvalue weighted by atomic mass is 10.2. The summed E-state index contributed by atoms with van der Waals surface area (Å²) in [4.78, 5) is 2.15. The Bertz CT molecular complexity index is 356. The van der Waals surface area contributed by atoms with E-state index in [1.54, 1.807) is 0 Å². The van der Waals surface area contributed by atoms with Gasteiger partial charge in [0.05, 0.1) is 6.61 Å². The molecular formula is C14H23ClN2O. The summed E-state index contributed by atoms with van der Waals surface area (Å²) in [7, 11) is 4.13. The minimum atomic E-state index is 0.720. The topological polar surface area (TPSA) is 24.5 Å². The molecule has 0 unspecified atom stereocenters. The van der Waals surface area contributed by atoms with Crippen molar-refractivity contribution in [2.24, 2.45) is 0 Å². The van der Waals surface area contributed by atoms with Gasteiger partial charge in [-0.2, -0.15) is 0 Å². The van der Waals surface area contributed by atoms with E-state index in [1.165, 1.54) is 0 Å². The Labute approximate surface area is 115 Å². The molecule has 1 aromatic rings. The van der Waals surface area contributed by atoms with Gasteiger partial charge in [0.1, 0.15) is 5.75 Å². The molecule has 0 aliphatic rings. The molecular weight excluding hydrogens is 248 g/mol. The Morgan fingerprint density at radius 1 is 1.33 bits per heavy atom. The summed E-state index contributed by atoms with van der Waals surface area (Å²) in [5.41, 5.74) is 1.05. The minimum Gasteiger partial charge on any atom is -0.493 e. The van der Waals surface area contributed by atoms with Crippen molar-refractivity contribution in [1.82, 2.24) is 10.2 Å². The molecule has 0 heterocycles. The fraction of sp³-hybridized carbons (Fsp3) is 0.571. The van der Waals surface area contributed by atoms with Gasteiger partial charge in [-0.15, -0.1) is 0 Å². The lowest BCUT2D eigenvalue weighted by Gasteiger charge is -2.14. The van der Waals surface area contributed by atoms with Crippen molar-refractivity contribution in [2.75, 3.05) is 33.8 Å². The van der Waals surface area contributed by atoms with Crippen molar-refractivity contribution in [3.05, 3.63) is 28.8 Å². The molecule has 0 saturated carbocycles.